The van der Waals surface area contributed by atoms with E-state index < -0.39 is 0 Å². The zero-order chi connectivity index (χ0) is 17.5. The predicted octanol–water partition coefficient (Wildman–Crippen LogP) is 5.41. The summed E-state index contributed by atoms with van der Waals surface area (Å²) in [5.41, 5.74) is 0. The molecule has 138 valence electrons. The number of epoxide rings is 1. The van der Waals surface area contributed by atoms with Gasteiger partial charge in [-0.25, -0.2) is 0 Å². The Balaban J connectivity index is 1.73. The first-order chi connectivity index (χ1) is 11.8. The van der Waals surface area contributed by atoms with Crippen LogP contribution in [0, 0.1) is 11.8 Å². The van der Waals surface area contributed by atoms with Gasteiger partial charge >= 0.3 is 5.97 Å². The van der Waals surface area contributed by atoms with E-state index >= 15 is 0 Å². The zero-order valence-electron chi connectivity index (χ0n) is 15.8. The highest BCUT2D eigenvalue weighted by molar-refractivity contribution is 5.68. The Labute approximate surface area is 148 Å². The molecule has 1 aliphatic heterocycles. The van der Waals surface area contributed by atoms with Gasteiger partial charge in [0.1, 0.15) is 0 Å². The summed E-state index contributed by atoms with van der Waals surface area (Å²) in [7, 11) is 1.45. The first-order valence-corrected chi connectivity index (χ1v) is 9.96. The molecule has 0 aromatic heterocycles. The zero-order valence-corrected chi connectivity index (χ0v) is 15.8. The van der Waals surface area contributed by atoms with Crippen molar-refractivity contribution in [1.82, 2.24) is 0 Å². The van der Waals surface area contributed by atoms with Crippen LogP contribution >= 0.6 is 0 Å². The lowest BCUT2D eigenvalue weighted by Crippen LogP contribution is -1.99. The maximum atomic E-state index is 10.9. The molecule has 1 fully saturated rings. The van der Waals surface area contributed by atoms with Crippen LogP contribution in [0.3, 0.4) is 0 Å². The Kier molecular flexibility index (Phi) is 12.6. The number of methoxy groups -OCH3 is 1. The number of ether oxygens (including phenoxy) is 2. The minimum Gasteiger partial charge on any atom is -0.469 e. The summed E-state index contributed by atoms with van der Waals surface area (Å²) < 4.78 is 10.2. The summed E-state index contributed by atoms with van der Waals surface area (Å²) in [4.78, 5) is 10.9. The fraction of sp³-hybridized carbons (Fsp3) is 0.857. The van der Waals surface area contributed by atoms with Crippen molar-refractivity contribution in [2.24, 2.45) is 0 Å². The molecule has 2 atom stereocenters. The molecule has 0 saturated carbocycles. The van der Waals surface area contributed by atoms with Crippen molar-refractivity contribution in [1.29, 1.82) is 0 Å². The molecule has 1 unspecified atom stereocenters. The van der Waals surface area contributed by atoms with Gasteiger partial charge in [0.25, 0.3) is 0 Å². The highest BCUT2D eigenvalue weighted by atomic mass is 16.6. The molecule has 1 heterocycles. The van der Waals surface area contributed by atoms with Crippen LogP contribution in [0.15, 0.2) is 0 Å². The lowest BCUT2D eigenvalue weighted by Gasteiger charge is -2.00. The highest BCUT2D eigenvalue weighted by Gasteiger charge is 2.35. The number of esters is 1. The second kappa shape index (κ2) is 14.3. The molecule has 3 nitrogen and oxygen atoms in total. The van der Waals surface area contributed by atoms with Crippen LogP contribution in [-0.4, -0.2) is 25.3 Å². The molecule has 0 bridgehead atoms. The van der Waals surface area contributed by atoms with Gasteiger partial charge in [0, 0.05) is 19.3 Å². The number of hydrogen-bond donors (Lipinski definition) is 0. The number of carbonyl (C=O) groups is 1. The van der Waals surface area contributed by atoms with Crippen molar-refractivity contribution < 1.29 is 14.3 Å². The Hall–Kier alpha value is -1.01. The van der Waals surface area contributed by atoms with E-state index in [2.05, 4.69) is 23.5 Å². The first-order valence-electron chi connectivity index (χ1n) is 9.96. The molecule has 0 aromatic rings. The van der Waals surface area contributed by atoms with Crippen molar-refractivity contribution in [2.75, 3.05) is 7.11 Å². The van der Waals surface area contributed by atoms with E-state index in [0.717, 1.165) is 32.1 Å². The second-order valence-electron chi connectivity index (χ2n) is 6.77. The molecule has 0 amide bonds. The topological polar surface area (TPSA) is 38.8 Å². The minimum absolute atomic E-state index is 0.0837. The monoisotopic (exact) mass is 336 g/mol. The van der Waals surface area contributed by atoms with Crippen molar-refractivity contribution in [3.63, 3.8) is 0 Å². The molecule has 1 aliphatic rings. The van der Waals surface area contributed by atoms with E-state index in [4.69, 9.17) is 4.74 Å². The maximum absolute atomic E-state index is 10.9. The van der Waals surface area contributed by atoms with E-state index in [-0.39, 0.29) is 5.97 Å². The Morgan fingerprint density at radius 3 is 2.04 bits per heavy atom. The fourth-order valence-electron chi connectivity index (χ4n) is 3.00. The van der Waals surface area contributed by atoms with Gasteiger partial charge < -0.3 is 9.47 Å². The summed E-state index contributed by atoms with van der Waals surface area (Å²) in [5, 5.41) is 0. The lowest BCUT2D eigenvalue weighted by atomic mass is 10.1. The van der Waals surface area contributed by atoms with Crippen molar-refractivity contribution in [3.05, 3.63) is 0 Å². The molecule has 0 aromatic carbocycles. The van der Waals surface area contributed by atoms with E-state index in [1.54, 1.807) is 0 Å². The average molecular weight is 337 g/mol. The number of hydrogen-bond acceptors (Lipinski definition) is 3. The molecule has 1 saturated heterocycles. The second-order valence-corrected chi connectivity index (χ2v) is 6.77. The SMILES string of the molecule is CC[C@H]1OC1CCCCC#CCCCCCCCCCC(=O)OC. The summed E-state index contributed by atoms with van der Waals surface area (Å²) >= 11 is 0. The number of rotatable bonds is 14. The summed E-state index contributed by atoms with van der Waals surface area (Å²) in [6.07, 6.45) is 17.0. The Bertz CT molecular complexity index is 380. The molecule has 24 heavy (non-hydrogen) atoms. The van der Waals surface area contributed by atoms with E-state index in [1.807, 2.05) is 0 Å². The van der Waals surface area contributed by atoms with E-state index in [0.29, 0.717) is 18.6 Å². The standard InChI is InChI=1S/C21H36O3/c1-3-19-20(24-19)17-15-13-11-9-7-5-4-6-8-10-12-14-16-18-21(22)23-2/h19-20H,3-6,8,10-18H2,1-2H3/t19-,20?/m1/s1. The van der Waals surface area contributed by atoms with Gasteiger partial charge in [0.2, 0.25) is 0 Å². The molecule has 1 rings (SSSR count). The molecule has 0 N–H and O–H groups in total. The van der Waals surface area contributed by atoms with Crippen LogP contribution < -0.4 is 0 Å². The van der Waals surface area contributed by atoms with Crippen LogP contribution in [0.1, 0.15) is 96.8 Å². The third-order valence-electron chi connectivity index (χ3n) is 4.67. The largest absolute Gasteiger partial charge is 0.469 e. The molecule has 3 heteroatoms. The summed E-state index contributed by atoms with van der Waals surface area (Å²) in [6, 6.07) is 0. The van der Waals surface area contributed by atoms with Gasteiger partial charge in [-0.1, -0.05) is 39.0 Å². The highest BCUT2D eigenvalue weighted by Crippen LogP contribution is 2.29. The van der Waals surface area contributed by atoms with Gasteiger partial charge in [0.15, 0.2) is 0 Å². The smallest absolute Gasteiger partial charge is 0.305 e. The van der Waals surface area contributed by atoms with Gasteiger partial charge in [-0.3, -0.25) is 4.79 Å². The molecule has 0 radical (unpaired) electrons. The van der Waals surface area contributed by atoms with Crippen LogP contribution in [0.4, 0.5) is 0 Å². The average Bonchev–Trinajstić information content (AvgIpc) is 3.36. The third kappa shape index (κ3) is 11.5. The van der Waals surface area contributed by atoms with Crippen LogP contribution in [-0.2, 0) is 14.3 Å². The quantitative estimate of drug-likeness (QED) is 0.184. The molecular weight excluding hydrogens is 300 g/mol. The minimum atomic E-state index is -0.0837. The summed E-state index contributed by atoms with van der Waals surface area (Å²) in [6.45, 7) is 2.20. The van der Waals surface area contributed by atoms with E-state index in [1.165, 1.54) is 58.5 Å². The summed E-state index contributed by atoms with van der Waals surface area (Å²) in [5.74, 6) is 6.53. The van der Waals surface area contributed by atoms with Gasteiger partial charge in [-0.2, -0.15) is 0 Å². The van der Waals surface area contributed by atoms with E-state index in [9.17, 15) is 4.79 Å². The van der Waals surface area contributed by atoms with Crippen molar-refractivity contribution in [2.45, 2.75) is 109 Å². The van der Waals surface area contributed by atoms with Crippen molar-refractivity contribution in [3.8, 4) is 11.8 Å². The fourth-order valence-corrected chi connectivity index (χ4v) is 3.00. The number of carbonyl (C=O) groups excluding carboxylic acids is 1. The number of unbranched alkanes of at least 4 members (excludes halogenated alkanes) is 9. The normalized spacial score (nSPS) is 18.8. The van der Waals surface area contributed by atoms with Gasteiger partial charge in [0.05, 0.1) is 19.3 Å². The van der Waals surface area contributed by atoms with Crippen molar-refractivity contribution >= 4 is 5.97 Å². The van der Waals surface area contributed by atoms with Crippen LogP contribution in [0.25, 0.3) is 0 Å². The van der Waals surface area contributed by atoms with Gasteiger partial charge in [-0.05, 0) is 38.5 Å². The van der Waals surface area contributed by atoms with Gasteiger partial charge in [-0.15, -0.1) is 11.8 Å². The lowest BCUT2D eigenvalue weighted by molar-refractivity contribution is -0.140. The van der Waals surface area contributed by atoms with Crippen LogP contribution in [0.2, 0.25) is 0 Å². The maximum Gasteiger partial charge on any atom is 0.305 e. The Morgan fingerprint density at radius 1 is 0.875 bits per heavy atom. The third-order valence-corrected chi connectivity index (χ3v) is 4.67. The van der Waals surface area contributed by atoms with Crippen LogP contribution in [0.5, 0.6) is 0 Å². The molecular formula is C21H36O3. The molecule has 0 aliphatic carbocycles. The Morgan fingerprint density at radius 2 is 1.46 bits per heavy atom. The predicted molar refractivity (Wildman–Crippen MR) is 98.8 cm³/mol. The first kappa shape index (κ1) is 21.0. The molecule has 0 spiro atoms.